The highest BCUT2D eigenvalue weighted by Crippen LogP contribution is 2.43. The second-order valence-electron chi connectivity index (χ2n) is 6.40. The van der Waals surface area contributed by atoms with Gasteiger partial charge in [0.25, 0.3) is 0 Å². The highest BCUT2D eigenvalue weighted by molar-refractivity contribution is 7.99. The number of ether oxygens (including phenoxy) is 1. The third kappa shape index (κ3) is 3.13. The summed E-state index contributed by atoms with van der Waals surface area (Å²) in [6.45, 7) is 2.56. The van der Waals surface area contributed by atoms with Gasteiger partial charge in [0.05, 0.1) is 5.60 Å². The van der Waals surface area contributed by atoms with Crippen LogP contribution in [0.2, 0.25) is 0 Å². The van der Waals surface area contributed by atoms with Gasteiger partial charge < -0.3 is 10.5 Å². The fraction of sp³-hybridized carbons (Fsp3) is 0.647. The van der Waals surface area contributed by atoms with Crippen molar-refractivity contribution in [2.45, 2.75) is 44.2 Å². The van der Waals surface area contributed by atoms with E-state index in [2.05, 4.69) is 0 Å². The lowest BCUT2D eigenvalue weighted by molar-refractivity contribution is -0.106. The van der Waals surface area contributed by atoms with Crippen LogP contribution < -0.4 is 5.73 Å². The lowest BCUT2D eigenvalue weighted by Gasteiger charge is -2.44. The minimum absolute atomic E-state index is 0.00604. The molecule has 2 aliphatic rings. The maximum absolute atomic E-state index is 14.3. The van der Waals surface area contributed by atoms with Gasteiger partial charge in [-0.2, -0.15) is 11.8 Å². The van der Waals surface area contributed by atoms with Crippen molar-refractivity contribution < 1.29 is 9.13 Å². The van der Waals surface area contributed by atoms with Gasteiger partial charge in [-0.15, -0.1) is 0 Å². The molecule has 2 N–H and O–H groups in total. The molecule has 4 heteroatoms. The first-order valence-electron chi connectivity index (χ1n) is 7.84. The summed E-state index contributed by atoms with van der Waals surface area (Å²) in [6, 6.07) is 5.32. The molecule has 2 aliphatic heterocycles. The van der Waals surface area contributed by atoms with Crippen molar-refractivity contribution in [2.75, 3.05) is 18.1 Å². The molecule has 0 radical (unpaired) electrons. The maximum Gasteiger partial charge on any atom is 0.130 e. The van der Waals surface area contributed by atoms with E-state index in [1.807, 2.05) is 23.9 Å². The topological polar surface area (TPSA) is 35.2 Å². The molecule has 2 unspecified atom stereocenters. The monoisotopic (exact) mass is 309 g/mol. The number of halogens is 1. The summed E-state index contributed by atoms with van der Waals surface area (Å²) in [6.07, 6.45) is 4.12. The fourth-order valence-electron chi connectivity index (χ4n) is 3.65. The van der Waals surface area contributed by atoms with E-state index >= 15 is 0 Å². The number of rotatable bonds is 2. The Bertz CT molecular complexity index is 496. The molecule has 2 heterocycles. The first-order valence-corrected chi connectivity index (χ1v) is 8.99. The molecule has 0 aromatic heterocycles. The third-order valence-electron chi connectivity index (χ3n) is 5.02. The molecule has 116 valence electrons. The normalized spacial score (nSPS) is 26.7. The molecule has 1 aromatic rings. The van der Waals surface area contributed by atoms with Crippen LogP contribution in [-0.2, 0) is 4.74 Å². The number of benzene rings is 1. The zero-order chi connectivity index (χ0) is 14.9. The van der Waals surface area contributed by atoms with Gasteiger partial charge in [-0.1, -0.05) is 18.2 Å². The van der Waals surface area contributed by atoms with Crippen LogP contribution >= 0.6 is 11.8 Å². The molecule has 1 spiro atoms. The SMILES string of the molecule is Cc1cccc(C(N)C2CCOC3(CCSCC3)C2)c1F. The molecule has 0 saturated carbocycles. The van der Waals surface area contributed by atoms with Crippen LogP contribution in [0.15, 0.2) is 18.2 Å². The van der Waals surface area contributed by atoms with E-state index < -0.39 is 0 Å². The van der Waals surface area contributed by atoms with E-state index in [1.54, 1.807) is 13.0 Å². The Morgan fingerprint density at radius 2 is 2.14 bits per heavy atom. The maximum atomic E-state index is 14.3. The van der Waals surface area contributed by atoms with E-state index in [4.69, 9.17) is 10.5 Å². The minimum Gasteiger partial charge on any atom is -0.375 e. The Hall–Kier alpha value is -0.580. The Kier molecular flexibility index (Phi) is 4.57. The van der Waals surface area contributed by atoms with Crippen LogP contribution in [0.1, 0.15) is 42.9 Å². The summed E-state index contributed by atoms with van der Waals surface area (Å²) >= 11 is 2.00. The number of hydrogen-bond acceptors (Lipinski definition) is 3. The van der Waals surface area contributed by atoms with Crippen LogP contribution in [-0.4, -0.2) is 23.7 Å². The molecular weight excluding hydrogens is 285 g/mol. The molecule has 2 saturated heterocycles. The van der Waals surface area contributed by atoms with Crippen molar-refractivity contribution in [1.82, 2.24) is 0 Å². The third-order valence-corrected chi connectivity index (χ3v) is 6.01. The summed E-state index contributed by atoms with van der Waals surface area (Å²) in [5.74, 6) is 2.52. The Labute approximate surface area is 130 Å². The predicted molar refractivity (Wildman–Crippen MR) is 86.0 cm³/mol. The average molecular weight is 309 g/mol. The van der Waals surface area contributed by atoms with E-state index in [0.717, 1.165) is 32.3 Å². The molecule has 2 atom stereocenters. The molecular formula is C17H24FNOS. The standard InChI is InChI=1S/C17H24FNOS/c1-12-3-2-4-14(15(12)18)16(19)13-5-8-20-17(11-13)6-9-21-10-7-17/h2-4,13,16H,5-11,19H2,1H3. The quantitative estimate of drug-likeness (QED) is 0.902. The molecule has 21 heavy (non-hydrogen) atoms. The van der Waals surface area contributed by atoms with E-state index in [-0.39, 0.29) is 17.5 Å². The van der Waals surface area contributed by atoms with Gasteiger partial charge in [-0.3, -0.25) is 0 Å². The van der Waals surface area contributed by atoms with Crippen LogP contribution in [0, 0.1) is 18.7 Å². The summed E-state index contributed by atoms with van der Waals surface area (Å²) in [5.41, 5.74) is 7.78. The van der Waals surface area contributed by atoms with E-state index in [1.165, 1.54) is 11.5 Å². The van der Waals surface area contributed by atoms with Crippen LogP contribution in [0.25, 0.3) is 0 Å². The number of aryl methyl sites for hydroxylation is 1. The zero-order valence-corrected chi connectivity index (χ0v) is 13.4. The van der Waals surface area contributed by atoms with Gasteiger partial charge in [-0.05, 0) is 55.6 Å². The summed E-state index contributed by atoms with van der Waals surface area (Å²) in [5, 5.41) is 0. The largest absolute Gasteiger partial charge is 0.375 e. The molecule has 3 rings (SSSR count). The van der Waals surface area contributed by atoms with Crippen molar-refractivity contribution in [3.63, 3.8) is 0 Å². The molecule has 0 aliphatic carbocycles. The fourth-order valence-corrected chi connectivity index (χ4v) is 4.88. The lowest BCUT2D eigenvalue weighted by atomic mass is 9.77. The highest BCUT2D eigenvalue weighted by atomic mass is 32.2. The average Bonchev–Trinajstić information content (AvgIpc) is 2.50. The van der Waals surface area contributed by atoms with Gasteiger partial charge in [0.1, 0.15) is 5.82 Å². The first kappa shape index (κ1) is 15.3. The first-order chi connectivity index (χ1) is 10.1. The number of thioether (sulfide) groups is 1. The van der Waals surface area contributed by atoms with Crippen LogP contribution in [0.3, 0.4) is 0 Å². The predicted octanol–water partition coefficient (Wildman–Crippen LogP) is 3.83. The minimum atomic E-state index is -0.222. The van der Waals surface area contributed by atoms with Gasteiger partial charge in [0.15, 0.2) is 0 Å². The zero-order valence-electron chi connectivity index (χ0n) is 12.6. The van der Waals surface area contributed by atoms with Crippen molar-refractivity contribution in [3.05, 3.63) is 35.1 Å². The molecule has 0 amide bonds. The summed E-state index contributed by atoms with van der Waals surface area (Å²) < 4.78 is 20.4. The summed E-state index contributed by atoms with van der Waals surface area (Å²) in [4.78, 5) is 0. The van der Waals surface area contributed by atoms with E-state index in [9.17, 15) is 4.39 Å². The van der Waals surface area contributed by atoms with Gasteiger partial charge >= 0.3 is 0 Å². The van der Waals surface area contributed by atoms with Gasteiger partial charge in [-0.25, -0.2) is 4.39 Å². The lowest BCUT2D eigenvalue weighted by Crippen LogP contribution is -2.45. The van der Waals surface area contributed by atoms with Crippen molar-refractivity contribution >= 4 is 11.8 Å². The smallest absolute Gasteiger partial charge is 0.130 e. The second-order valence-corrected chi connectivity index (χ2v) is 7.63. The Morgan fingerprint density at radius 1 is 1.38 bits per heavy atom. The molecule has 2 fully saturated rings. The molecule has 0 bridgehead atoms. The van der Waals surface area contributed by atoms with Crippen LogP contribution in [0.4, 0.5) is 4.39 Å². The van der Waals surface area contributed by atoms with Crippen LogP contribution in [0.5, 0.6) is 0 Å². The number of nitrogens with two attached hydrogens (primary N) is 1. The Morgan fingerprint density at radius 3 is 2.90 bits per heavy atom. The van der Waals surface area contributed by atoms with Crippen molar-refractivity contribution in [2.24, 2.45) is 11.7 Å². The second kappa shape index (κ2) is 6.27. The Balaban J connectivity index is 1.78. The highest BCUT2D eigenvalue weighted by Gasteiger charge is 2.40. The number of hydrogen-bond donors (Lipinski definition) is 1. The van der Waals surface area contributed by atoms with Crippen molar-refractivity contribution in [1.29, 1.82) is 0 Å². The molecule has 2 nitrogen and oxygen atoms in total. The summed E-state index contributed by atoms with van der Waals surface area (Å²) in [7, 11) is 0. The van der Waals surface area contributed by atoms with Gasteiger partial charge in [0, 0.05) is 18.2 Å². The van der Waals surface area contributed by atoms with Gasteiger partial charge in [0.2, 0.25) is 0 Å². The van der Waals surface area contributed by atoms with E-state index in [0.29, 0.717) is 17.0 Å². The molecule has 1 aromatic carbocycles. The van der Waals surface area contributed by atoms with Crippen molar-refractivity contribution in [3.8, 4) is 0 Å².